The van der Waals surface area contributed by atoms with Gasteiger partial charge in [0.2, 0.25) is 0 Å². The lowest BCUT2D eigenvalue weighted by molar-refractivity contribution is 0.0697. The van der Waals surface area contributed by atoms with Crippen LogP contribution in [0.15, 0.2) is 70.2 Å². The molecule has 0 saturated heterocycles. The second-order valence-corrected chi connectivity index (χ2v) is 5.68. The molecule has 2 N–H and O–H groups in total. The molecule has 0 aliphatic rings. The number of hydrogen-bond acceptors (Lipinski definition) is 4. The van der Waals surface area contributed by atoms with E-state index in [1.165, 1.54) is 6.07 Å². The number of aromatic carboxylic acids is 1. The SMILES string of the molecule is O=C(O)c1cccc(-c2ccc(/C=N\NCc3ccccc3Cl)o2)c1. The van der Waals surface area contributed by atoms with Crippen LogP contribution in [0.25, 0.3) is 11.3 Å². The number of carboxylic acids is 1. The van der Waals surface area contributed by atoms with Gasteiger partial charge in [-0.2, -0.15) is 5.10 Å². The smallest absolute Gasteiger partial charge is 0.335 e. The molecule has 0 spiro atoms. The zero-order valence-corrected chi connectivity index (χ0v) is 13.9. The molecule has 1 heterocycles. The van der Waals surface area contributed by atoms with E-state index in [4.69, 9.17) is 21.1 Å². The molecule has 2 aromatic carbocycles. The van der Waals surface area contributed by atoms with E-state index >= 15 is 0 Å². The molecule has 0 unspecified atom stereocenters. The van der Waals surface area contributed by atoms with E-state index in [-0.39, 0.29) is 5.56 Å². The van der Waals surface area contributed by atoms with Gasteiger partial charge in [0, 0.05) is 10.6 Å². The number of furan rings is 1. The van der Waals surface area contributed by atoms with Crippen molar-refractivity contribution in [1.82, 2.24) is 5.43 Å². The Balaban J connectivity index is 1.64. The zero-order valence-electron chi connectivity index (χ0n) is 13.1. The van der Waals surface area contributed by atoms with E-state index in [9.17, 15) is 4.79 Å². The number of benzene rings is 2. The number of hydrogen-bond donors (Lipinski definition) is 2. The Morgan fingerprint density at radius 1 is 1.16 bits per heavy atom. The predicted octanol–water partition coefficient (Wildman–Crippen LogP) is 4.42. The Morgan fingerprint density at radius 3 is 2.80 bits per heavy atom. The Labute approximate surface area is 149 Å². The third kappa shape index (κ3) is 4.28. The summed E-state index contributed by atoms with van der Waals surface area (Å²) in [4.78, 5) is 11.0. The van der Waals surface area contributed by atoms with Crippen LogP contribution in [0.3, 0.4) is 0 Å². The molecule has 1 aromatic heterocycles. The van der Waals surface area contributed by atoms with Crippen LogP contribution >= 0.6 is 11.6 Å². The molecule has 5 nitrogen and oxygen atoms in total. The van der Waals surface area contributed by atoms with E-state index in [1.807, 2.05) is 24.3 Å². The average Bonchev–Trinajstić information content (AvgIpc) is 3.09. The molecular formula is C19H15ClN2O3. The van der Waals surface area contributed by atoms with Gasteiger partial charge in [-0.05, 0) is 35.9 Å². The van der Waals surface area contributed by atoms with E-state index in [0.29, 0.717) is 28.7 Å². The molecule has 126 valence electrons. The van der Waals surface area contributed by atoms with Crippen molar-refractivity contribution < 1.29 is 14.3 Å². The second-order valence-electron chi connectivity index (χ2n) is 5.27. The number of rotatable bonds is 6. The van der Waals surface area contributed by atoms with Crippen molar-refractivity contribution in [3.8, 4) is 11.3 Å². The minimum atomic E-state index is -0.973. The monoisotopic (exact) mass is 354 g/mol. The highest BCUT2D eigenvalue weighted by atomic mass is 35.5. The van der Waals surface area contributed by atoms with Crippen LogP contribution in [-0.4, -0.2) is 17.3 Å². The fourth-order valence-corrected chi connectivity index (χ4v) is 2.47. The minimum Gasteiger partial charge on any atom is -0.478 e. The lowest BCUT2D eigenvalue weighted by Gasteiger charge is -2.02. The first-order chi connectivity index (χ1) is 12.1. The Kier molecular flexibility index (Phi) is 5.16. The molecule has 3 rings (SSSR count). The van der Waals surface area contributed by atoms with Crippen LogP contribution in [-0.2, 0) is 6.54 Å². The summed E-state index contributed by atoms with van der Waals surface area (Å²) in [5.74, 6) is 0.164. The van der Waals surface area contributed by atoms with Gasteiger partial charge in [-0.1, -0.05) is 41.9 Å². The van der Waals surface area contributed by atoms with Gasteiger partial charge >= 0.3 is 5.97 Å². The molecule has 0 aliphatic heterocycles. The van der Waals surface area contributed by atoms with Gasteiger partial charge in [0.1, 0.15) is 11.5 Å². The first-order valence-electron chi connectivity index (χ1n) is 7.56. The summed E-state index contributed by atoms with van der Waals surface area (Å²) in [6, 6.07) is 17.7. The molecule has 0 saturated carbocycles. The molecule has 3 aromatic rings. The van der Waals surface area contributed by atoms with Gasteiger partial charge < -0.3 is 14.9 Å². The normalized spacial score (nSPS) is 10.9. The summed E-state index contributed by atoms with van der Waals surface area (Å²) in [6.07, 6.45) is 1.56. The zero-order chi connectivity index (χ0) is 17.6. The van der Waals surface area contributed by atoms with Gasteiger partial charge in [0.15, 0.2) is 0 Å². The second kappa shape index (κ2) is 7.68. The van der Waals surface area contributed by atoms with Crippen molar-refractivity contribution in [3.05, 3.63) is 82.6 Å². The van der Waals surface area contributed by atoms with Crippen LogP contribution in [0.4, 0.5) is 0 Å². The van der Waals surface area contributed by atoms with Crippen LogP contribution in [0.1, 0.15) is 21.7 Å². The topological polar surface area (TPSA) is 74.8 Å². The van der Waals surface area contributed by atoms with E-state index < -0.39 is 5.97 Å². The maximum atomic E-state index is 11.0. The van der Waals surface area contributed by atoms with Crippen molar-refractivity contribution in [2.75, 3.05) is 0 Å². The number of carbonyl (C=O) groups is 1. The minimum absolute atomic E-state index is 0.213. The Hall–Kier alpha value is -3.05. The fraction of sp³-hybridized carbons (Fsp3) is 0.0526. The molecule has 6 heteroatoms. The third-order valence-corrected chi connectivity index (χ3v) is 3.90. The van der Waals surface area contributed by atoms with Crippen molar-refractivity contribution in [1.29, 1.82) is 0 Å². The molecule has 0 fully saturated rings. The van der Waals surface area contributed by atoms with Crippen LogP contribution in [0, 0.1) is 0 Å². The first-order valence-corrected chi connectivity index (χ1v) is 7.94. The van der Waals surface area contributed by atoms with Crippen molar-refractivity contribution in [2.45, 2.75) is 6.54 Å². The lowest BCUT2D eigenvalue weighted by atomic mass is 10.1. The summed E-state index contributed by atoms with van der Waals surface area (Å²) in [6.45, 7) is 0.504. The molecule has 0 radical (unpaired) electrons. The summed E-state index contributed by atoms with van der Waals surface area (Å²) in [5.41, 5.74) is 4.77. The maximum absolute atomic E-state index is 11.0. The quantitative estimate of drug-likeness (QED) is 0.507. The highest BCUT2D eigenvalue weighted by Gasteiger charge is 2.07. The summed E-state index contributed by atoms with van der Waals surface area (Å²) < 4.78 is 5.67. The number of carboxylic acid groups (broad SMARTS) is 1. The molecular weight excluding hydrogens is 340 g/mol. The number of hydrazone groups is 1. The Bertz CT molecular complexity index is 918. The summed E-state index contributed by atoms with van der Waals surface area (Å²) >= 11 is 6.07. The maximum Gasteiger partial charge on any atom is 0.335 e. The predicted molar refractivity (Wildman–Crippen MR) is 97.0 cm³/mol. The van der Waals surface area contributed by atoms with E-state index in [2.05, 4.69) is 10.5 Å². The summed E-state index contributed by atoms with van der Waals surface area (Å²) in [7, 11) is 0. The van der Waals surface area contributed by atoms with Crippen molar-refractivity contribution in [3.63, 3.8) is 0 Å². The highest BCUT2D eigenvalue weighted by Crippen LogP contribution is 2.22. The lowest BCUT2D eigenvalue weighted by Crippen LogP contribution is -2.05. The molecule has 0 amide bonds. The number of halogens is 1. The number of nitrogens with zero attached hydrogens (tertiary/aromatic N) is 1. The van der Waals surface area contributed by atoms with Crippen LogP contribution in [0.5, 0.6) is 0 Å². The molecule has 0 aliphatic carbocycles. The fourth-order valence-electron chi connectivity index (χ4n) is 2.26. The van der Waals surface area contributed by atoms with E-state index in [1.54, 1.807) is 36.5 Å². The average molecular weight is 355 g/mol. The van der Waals surface area contributed by atoms with Crippen molar-refractivity contribution in [2.24, 2.45) is 5.10 Å². The highest BCUT2D eigenvalue weighted by molar-refractivity contribution is 6.31. The molecule has 0 bridgehead atoms. The summed E-state index contributed by atoms with van der Waals surface area (Å²) in [5, 5.41) is 13.8. The number of nitrogens with one attached hydrogen (secondary N) is 1. The first kappa shape index (κ1) is 16.8. The standard InChI is InChI=1S/C19H15ClN2O3/c20-17-7-2-1-4-15(17)11-21-22-12-16-8-9-18(25-16)13-5-3-6-14(10-13)19(23)24/h1-10,12,21H,11H2,(H,23,24)/b22-12-. The van der Waals surface area contributed by atoms with E-state index in [0.717, 1.165) is 5.56 Å². The Morgan fingerprint density at radius 2 is 2.00 bits per heavy atom. The third-order valence-electron chi connectivity index (χ3n) is 3.53. The van der Waals surface area contributed by atoms with Gasteiger partial charge in [-0.25, -0.2) is 4.79 Å². The largest absolute Gasteiger partial charge is 0.478 e. The van der Waals surface area contributed by atoms with Crippen LogP contribution < -0.4 is 5.43 Å². The van der Waals surface area contributed by atoms with Gasteiger partial charge in [-0.3, -0.25) is 0 Å². The van der Waals surface area contributed by atoms with Gasteiger partial charge in [0.05, 0.1) is 18.3 Å². The van der Waals surface area contributed by atoms with Crippen molar-refractivity contribution >= 4 is 23.8 Å². The van der Waals surface area contributed by atoms with Gasteiger partial charge in [-0.15, -0.1) is 0 Å². The van der Waals surface area contributed by atoms with Crippen LogP contribution in [0.2, 0.25) is 5.02 Å². The molecule has 25 heavy (non-hydrogen) atoms. The molecule has 0 atom stereocenters. The van der Waals surface area contributed by atoms with Gasteiger partial charge in [0.25, 0.3) is 0 Å².